The molecular weight excluding hydrogens is 226 g/mol. The van der Waals surface area contributed by atoms with Gasteiger partial charge in [0.15, 0.2) is 0 Å². The quantitative estimate of drug-likeness (QED) is 0.851. The van der Waals surface area contributed by atoms with Crippen LogP contribution in [0.3, 0.4) is 0 Å². The van der Waals surface area contributed by atoms with Gasteiger partial charge in [-0.05, 0) is 57.8 Å². The summed E-state index contributed by atoms with van der Waals surface area (Å²) >= 11 is 0. The number of pyridine rings is 1. The van der Waals surface area contributed by atoms with Crippen LogP contribution in [0.2, 0.25) is 0 Å². The Balaban J connectivity index is 1.91. The predicted molar refractivity (Wildman–Crippen MR) is 71.5 cm³/mol. The van der Waals surface area contributed by atoms with E-state index in [4.69, 9.17) is 0 Å². The topological polar surface area (TPSA) is 54.0 Å². The molecule has 1 aliphatic rings. The Kier molecular flexibility index (Phi) is 4.31. The van der Waals surface area contributed by atoms with Crippen LogP contribution in [0.15, 0.2) is 18.3 Å². The van der Waals surface area contributed by atoms with E-state index in [-0.39, 0.29) is 11.9 Å². The van der Waals surface area contributed by atoms with Crippen molar-refractivity contribution in [1.82, 2.24) is 15.6 Å². The molecule has 2 heterocycles. The maximum atomic E-state index is 12.0. The zero-order valence-electron chi connectivity index (χ0n) is 11.1. The van der Waals surface area contributed by atoms with E-state index >= 15 is 0 Å². The summed E-state index contributed by atoms with van der Waals surface area (Å²) < 4.78 is 0. The highest BCUT2D eigenvalue weighted by atomic mass is 16.1. The second kappa shape index (κ2) is 5.96. The molecule has 1 aliphatic heterocycles. The first-order valence-corrected chi connectivity index (χ1v) is 6.61. The molecular formula is C14H21N3O. The lowest BCUT2D eigenvalue weighted by molar-refractivity contribution is 0.0921. The number of nitrogens with one attached hydrogen (secondary N) is 2. The highest BCUT2D eigenvalue weighted by Gasteiger charge is 2.21. The Morgan fingerprint density at radius 3 is 3.00 bits per heavy atom. The number of nitrogens with zero attached hydrogens (tertiary/aromatic N) is 1. The fourth-order valence-electron chi connectivity index (χ4n) is 2.32. The van der Waals surface area contributed by atoms with Crippen LogP contribution in [0.25, 0.3) is 0 Å². The number of hydrogen-bond acceptors (Lipinski definition) is 3. The molecule has 1 aromatic heterocycles. The number of aromatic nitrogens is 1. The Hall–Kier alpha value is -1.42. The Morgan fingerprint density at radius 2 is 2.39 bits per heavy atom. The molecule has 0 spiro atoms. The smallest absolute Gasteiger partial charge is 0.253 e. The first-order chi connectivity index (χ1) is 8.66. The fourth-order valence-corrected chi connectivity index (χ4v) is 2.32. The van der Waals surface area contributed by atoms with Crippen molar-refractivity contribution < 1.29 is 4.79 Å². The van der Waals surface area contributed by atoms with Crippen LogP contribution < -0.4 is 10.6 Å². The Labute approximate surface area is 108 Å². The van der Waals surface area contributed by atoms with Gasteiger partial charge in [-0.3, -0.25) is 9.78 Å². The van der Waals surface area contributed by atoms with Gasteiger partial charge in [-0.15, -0.1) is 0 Å². The number of carbonyl (C=O) groups is 1. The lowest BCUT2D eigenvalue weighted by Gasteiger charge is -2.28. The van der Waals surface area contributed by atoms with Gasteiger partial charge in [-0.25, -0.2) is 0 Å². The monoisotopic (exact) mass is 247 g/mol. The summed E-state index contributed by atoms with van der Waals surface area (Å²) in [6, 6.07) is 3.89. The van der Waals surface area contributed by atoms with E-state index in [0.29, 0.717) is 11.5 Å². The molecule has 2 rings (SSSR count). The van der Waals surface area contributed by atoms with E-state index in [0.717, 1.165) is 18.8 Å². The molecule has 1 fully saturated rings. The zero-order valence-corrected chi connectivity index (χ0v) is 11.1. The standard InChI is InChI=1S/C14H21N3O/c1-10-5-6-13(9-16-10)14(18)17-11(2)12-4-3-7-15-8-12/h5-6,9,11-12,15H,3-4,7-8H2,1-2H3,(H,17,18). The molecule has 0 aromatic carbocycles. The summed E-state index contributed by atoms with van der Waals surface area (Å²) in [5.74, 6) is 0.502. The van der Waals surface area contributed by atoms with Crippen LogP contribution in [0.5, 0.6) is 0 Å². The minimum Gasteiger partial charge on any atom is -0.349 e. The third kappa shape index (κ3) is 3.29. The normalized spacial score (nSPS) is 21.3. The molecule has 2 unspecified atom stereocenters. The maximum Gasteiger partial charge on any atom is 0.253 e. The summed E-state index contributed by atoms with van der Waals surface area (Å²) in [4.78, 5) is 16.2. The van der Waals surface area contributed by atoms with Crippen molar-refractivity contribution in [2.75, 3.05) is 13.1 Å². The van der Waals surface area contributed by atoms with Gasteiger partial charge in [0, 0.05) is 17.9 Å². The van der Waals surface area contributed by atoms with Crippen LogP contribution >= 0.6 is 0 Å². The second-order valence-corrected chi connectivity index (χ2v) is 5.06. The van der Waals surface area contributed by atoms with Crippen LogP contribution in [0.1, 0.15) is 35.8 Å². The molecule has 0 radical (unpaired) electrons. The largest absolute Gasteiger partial charge is 0.349 e. The summed E-state index contributed by atoms with van der Waals surface area (Å²) in [6.45, 7) is 6.09. The SMILES string of the molecule is Cc1ccc(C(=O)NC(C)C2CCCNC2)cn1. The van der Waals surface area contributed by atoms with Crippen LogP contribution in [0, 0.1) is 12.8 Å². The molecule has 18 heavy (non-hydrogen) atoms. The first-order valence-electron chi connectivity index (χ1n) is 6.61. The first kappa shape index (κ1) is 13.0. The van der Waals surface area contributed by atoms with Crippen molar-refractivity contribution in [2.24, 2.45) is 5.92 Å². The number of carbonyl (C=O) groups excluding carboxylic acids is 1. The number of piperidine rings is 1. The van der Waals surface area contributed by atoms with E-state index in [1.165, 1.54) is 12.8 Å². The van der Waals surface area contributed by atoms with Crippen molar-refractivity contribution >= 4 is 5.91 Å². The number of amides is 1. The third-order valence-corrected chi connectivity index (χ3v) is 3.57. The maximum absolute atomic E-state index is 12.0. The van der Waals surface area contributed by atoms with Crippen LogP contribution in [-0.2, 0) is 0 Å². The third-order valence-electron chi connectivity index (χ3n) is 3.57. The molecule has 1 saturated heterocycles. The van der Waals surface area contributed by atoms with Crippen molar-refractivity contribution in [2.45, 2.75) is 32.7 Å². The second-order valence-electron chi connectivity index (χ2n) is 5.06. The highest BCUT2D eigenvalue weighted by molar-refractivity contribution is 5.94. The molecule has 2 atom stereocenters. The van der Waals surface area contributed by atoms with E-state index in [9.17, 15) is 4.79 Å². The van der Waals surface area contributed by atoms with E-state index in [1.807, 2.05) is 19.1 Å². The van der Waals surface area contributed by atoms with Gasteiger partial charge in [0.1, 0.15) is 0 Å². The van der Waals surface area contributed by atoms with Crippen molar-refractivity contribution in [3.8, 4) is 0 Å². The Bertz CT molecular complexity index is 396. The van der Waals surface area contributed by atoms with E-state index in [1.54, 1.807) is 6.20 Å². The molecule has 2 N–H and O–H groups in total. The lowest BCUT2D eigenvalue weighted by atomic mass is 9.92. The van der Waals surface area contributed by atoms with Crippen LogP contribution in [-0.4, -0.2) is 30.0 Å². The molecule has 4 nitrogen and oxygen atoms in total. The van der Waals surface area contributed by atoms with Gasteiger partial charge >= 0.3 is 0 Å². The average molecular weight is 247 g/mol. The van der Waals surface area contributed by atoms with E-state index < -0.39 is 0 Å². The molecule has 4 heteroatoms. The van der Waals surface area contributed by atoms with Crippen LogP contribution in [0.4, 0.5) is 0 Å². The van der Waals surface area contributed by atoms with Gasteiger partial charge in [-0.1, -0.05) is 0 Å². The minimum atomic E-state index is -0.0272. The molecule has 1 aromatic rings. The van der Waals surface area contributed by atoms with Gasteiger partial charge in [0.2, 0.25) is 0 Å². The summed E-state index contributed by atoms with van der Waals surface area (Å²) in [5.41, 5.74) is 1.56. The molecule has 0 bridgehead atoms. The molecule has 1 amide bonds. The Morgan fingerprint density at radius 1 is 1.56 bits per heavy atom. The van der Waals surface area contributed by atoms with Gasteiger partial charge < -0.3 is 10.6 Å². The highest BCUT2D eigenvalue weighted by Crippen LogP contribution is 2.14. The molecule has 0 aliphatic carbocycles. The molecule has 0 saturated carbocycles. The summed E-state index contributed by atoms with van der Waals surface area (Å²) in [6.07, 6.45) is 4.01. The van der Waals surface area contributed by atoms with Gasteiger partial charge in [-0.2, -0.15) is 0 Å². The number of aryl methyl sites for hydroxylation is 1. The predicted octanol–water partition coefficient (Wildman–Crippen LogP) is 1.51. The van der Waals surface area contributed by atoms with Crippen molar-refractivity contribution in [3.63, 3.8) is 0 Å². The lowest BCUT2D eigenvalue weighted by Crippen LogP contribution is -2.44. The number of rotatable bonds is 3. The summed E-state index contributed by atoms with van der Waals surface area (Å²) in [5, 5.41) is 6.44. The minimum absolute atomic E-state index is 0.0272. The summed E-state index contributed by atoms with van der Waals surface area (Å²) in [7, 11) is 0. The van der Waals surface area contributed by atoms with Gasteiger partial charge in [0.25, 0.3) is 5.91 Å². The van der Waals surface area contributed by atoms with Crippen molar-refractivity contribution in [1.29, 1.82) is 0 Å². The number of hydrogen-bond donors (Lipinski definition) is 2. The fraction of sp³-hybridized carbons (Fsp3) is 0.571. The van der Waals surface area contributed by atoms with Crippen molar-refractivity contribution in [3.05, 3.63) is 29.6 Å². The van der Waals surface area contributed by atoms with Gasteiger partial charge in [0.05, 0.1) is 5.56 Å². The van der Waals surface area contributed by atoms with E-state index in [2.05, 4.69) is 22.5 Å². The average Bonchev–Trinajstić information content (AvgIpc) is 2.40. The zero-order chi connectivity index (χ0) is 13.0. The molecule has 98 valence electrons.